The zero-order chi connectivity index (χ0) is 12.8. The largest absolute Gasteiger partial charge is 0.378 e. The summed E-state index contributed by atoms with van der Waals surface area (Å²) in [5.74, 6) is 0.573. The second kappa shape index (κ2) is 6.97. The summed E-state index contributed by atoms with van der Waals surface area (Å²) in [6, 6.07) is -0.335. The van der Waals surface area contributed by atoms with Gasteiger partial charge in [0, 0.05) is 19.7 Å². The van der Waals surface area contributed by atoms with E-state index in [0.717, 1.165) is 39.0 Å². The average Bonchev–Trinajstić information content (AvgIpc) is 2.28. The average molecular weight is 242 g/mol. The summed E-state index contributed by atoms with van der Waals surface area (Å²) in [5, 5.41) is 0. The third-order valence-electron chi connectivity index (χ3n) is 3.20. The molecule has 1 amide bonds. The van der Waals surface area contributed by atoms with Crippen molar-refractivity contribution in [2.75, 3.05) is 19.7 Å². The fraction of sp³-hybridized carbons (Fsp3) is 0.923. The monoisotopic (exact) mass is 242 g/mol. The molecule has 2 N–H and O–H groups in total. The van der Waals surface area contributed by atoms with Gasteiger partial charge in [-0.15, -0.1) is 0 Å². The molecule has 1 fully saturated rings. The maximum absolute atomic E-state index is 12.1. The standard InChI is InChI=1S/C13H26N2O2/c1-4-17-11-5-7-15(8-6-11)13(16)12(14)9-10(2)3/h10-12H,4-9,14H2,1-3H3/t12-/m1/s1. The second-order valence-corrected chi connectivity index (χ2v) is 5.22. The summed E-state index contributed by atoms with van der Waals surface area (Å²) >= 11 is 0. The van der Waals surface area contributed by atoms with E-state index >= 15 is 0 Å². The van der Waals surface area contributed by atoms with Crippen LogP contribution in [0, 0.1) is 5.92 Å². The molecule has 1 rings (SSSR count). The Kier molecular flexibility index (Phi) is 5.92. The Labute approximate surface area is 104 Å². The summed E-state index contributed by atoms with van der Waals surface area (Å²) in [6.45, 7) is 8.52. The van der Waals surface area contributed by atoms with Gasteiger partial charge in [-0.3, -0.25) is 4.79 Å². The lowest BCUT2D eigenvalue weighted by Crippen LogP contribution is -2.48. The van der Waals surface area contributed by atoms with Crippen LogP contribution in [-0.4, -0.2) is 42.6 Å². The Bertz CT molecular complexity index is 236. The van der Waals surface area contributed by atoms with Gasteiger partial charge in [0.05, 0.1) is 12.1 Å². The summed E-state index contributed by atoms with van der Waals surface area (Å²) < 4.78 is 5.57. The van der Waals surface area contributed by atoms with Crippen molar-refractivity contribution >= 4 is 5.91 Å². The van der Waals surface area contributed by atoms with Crippen LogP contribution in [0.3, 0.4) is 0 Å². The molecule has 0 aromatic rings. The summed E-state index contributed by atoms with van der Waals surface area (Å²) in [5.41, 5.74) is 5.92. The molecule has 1 heterocycles. The number of hydrogen-bond donors (Lipinski definition) is 1. The number of nitrogens with zero attached hydrogens (tertiary/aromatic N) is 1. The first-order valence-electron chi connectivity index (χ1n) is 6.70. The molecule has 0 saturated carbocycles. The molecule has 1 saturated heterocycles. The SMILES string of the molecule is CCOC1CCN(C(=O)[C@H](N)CC(C)C)CC1. The van der Waals surface area contributed by atoms with Gasteiger partial charge in [-0.1, -0.05) is 13.8 Å². The maximum Gasteiger partial charge on any atom is 0.239 e. The molecule has 4 nitrogen and oxygen atoms in total. The van der Waals surface area contributed by atoms with Crippen LogP contribution in [0.15, 0.2) is 0 Å². The van der Waals surface area contributed by atoms with Crippen LogP contribution in [0.1, 0.15) is 40.0 Å². The van der Waals surface area contributed by atoms with E-state index in [1.165, 1.54) is 0 Å². The van der Waals surface area contributed by atoms with E-state index < -0.39 is 0 Å². The van der Waals surface area contributed by atoms with Gasteiger partial charge in [-0.25, -0.2) is 0 Å². The highest BCUT2D eigenvalue weighted by atomic mass is 16.5. The third-order valence-corrected chi connectivity index (χ3v) is 3.20. The molecule has 0 aromatic carbocycles. The summed E-state index contributed by atoms with van der Waals surface area (Å²) in [4.78, 5) is 13.9. The van der Waals surface area contributed by atoms with Gasteiger partial charge in [0.15, 0.2) is 0 Å². The van der Waals surface area contributed by atoms with Crippen molar-refractivity contribution in [1.82, 2.24) is 4.90 Å². The van der Waals surface area contributed by atoms with Gasteiger partial charge in [0.1, 0.15) is 0 Å². The van der Waals surface area contributed by atoms with E-state index in [2.05, 4.69) is 13.8 Å². The van der Waals surface area contributed by atoms with Crippen LogP contribution in [0.2, 0.25) is 0 Å². The van der Waals surface area contributed by atoms with Crippen LogP contribution in [-0.2, 0) is 9.53 Å². The Morgan fingerprint density at radius 1 is 1.41 bits per heavy atom. The van der Waals surface area contributed by atoms with E-state index in [1.807, 2.05) is 11.8 Å². The first-order valence-corrected chi connectivity index (χ1v) is 6.70. The number of amides is 1. The number of carbonyl (C=O) groups excluding carboxylic acids is 1. The molecule has 17 heavy (non-hydrogen) atoms. The van der Waals surface area contributed by atoms with Crippen LogP contribution in [0.5, 0.6) is 0 Å². The molecular weight excluding hydrogens is 216 g/mol. The number of likely N-dealkylation sites (tertiary alicyclic amines) is 1. The Balaban J connectivity index is 2.35. The van der Waals surface area contributed by atoms with Crippen molar-refractivity contribution in [3.8, 4) is 0 Å². The van der Waals surface area contributed by atoms with Crippen molar-refractivity contribution in [1.29, 1.82) is 0 Å². The highest BCUT2D eigenvalue weighted by molar-refractivity contribution is 5.81. The van der Waals surface area contributed by atoms with Gasteiger partial charge in [-0.05, 0) is 32.1 Å². The number of rotatable bonds is 5. The van der Waals surface area contributed by atoms with Crippen LogP contribution in [0.25, 0.3) is 0 Å². The molecule has 0 radical (unpaired) electrons. The minimum absolute atomic E-state index is 0.105. The lowest BCUT2D eigenvalue weighted by molar-refractivity contribution is -0.135. The minimum atomic E-state index is -0.335. The topological polar surface area (TPSA) is 55.6 Å². The van der Waals surface area contributed by atoms with E-state index in [0.29, 0.717) is 12.0 Å². The van der Waals surface area contributed by atoms with Gasteiger partial charge in [0.25, 0.3) is 0 Å². The number of nitrogens with two attached hydrogens (primary N) is 1. The predicted molar refractivity (Wildman–Crippen MR) is 68.7 cm³/mol. The lowest BCUT2D eigenvalue weighted by atomic mass is 10.0. The van der Waals surface area contributed by atoms with E-state index in [4.69, 9.17) is 10.5 Å². The maximum atomic E-state index is 12.1. The van der Waals surface area contributed by atoms with Gasteiger partial charge in [0.2, 0.25) is 5.91 Å². The number of ether oxygens (including phenoxy) is 1. The smallest absolute Gasteiger partial charge is 0.239 e. The first-order chi connectivity index (χ1) is 8.04. The van der Waals surface area contributed by atoms with Gasteiger partial charge < -0.3 is 15.4 Å². The minimum Gasteiger partial charge on any atom is -0.378 e. The van der Waals surface area contributed by atoms with E-state index in [-0.39, 0.29) is 11.9 Å². The lowest BCUT2D eigenvalue weighted by Gasteiger charge is -2.33. The first kappa shape index (κ1) is 14.5. The van der Waals surface area contributed by atoms with Gasteiger partial charge in [-0.2, -0.15) is 0 Å². The predicted octanol–water partition coefficient (Wildman–Crippen LogP) is 1.39. The number of hydrogen-bond acceptors (Lipinski definition) is 3. The molecule has 0 aromatic heterocycles. The molecule has 4 heteroatoms. The van der Waals surface area contributed by atoms with Crippen LogP contribution >= 0.6 is 0 Å². The molecule has 0 spiro atoms. The Morgan fingerprint density at radius 3 is 2.47 bits per heavy atom. The second-order valence-electron chi connectivity index (χ2n) is 5.22. The normalized spacial score (nSPS) is 19.7. The molecule has 0 aliphatic carbocycles. The van der Waals surface area contributed by atoms with E-state index in [9.17, 15) is 4.79 Å². The zero-order valence-electron chi connectivity index (χ0n) is 11.3. The fourth-order valence-electron chi connectivity index (χ4n) is 2.32. The highest BCUT2D eigenvalue weighted by Gasteiger charge is 2.26. The fourth-order valence-corrected chi connectivity index (χ4v) is 2.32. The van der Waals surface area contributed by atoms with Crippen molar-refractivity contribution in [2.45, 2.75) is 52.2 Å². The zero-order valence-corrected chi connectivity index (χ0v) is 11.3. The Hall–Kier alpha value is -0.610. The summed E-state index contributed by atoms with van der Waals surface area (Å²) in [7, 11) is 0. The molecule has 100 valence electrons. The molecule has 0 bridgehead atoms. The summed E-state index contributed by atoms with van der Waals surface area (Å²) in [6.07, 6.45) is 2.97. The quantitative estimate of drug-likeness (QED) is 0.792. The van der Waals surface area contributed by atoms with Crippen LogP contribution < -0.4 is 5.73 Å². The van der Waals surface area contributed by atoms with Crippen molar-refractivity contribution in [3.63, 3.8) is 0 Å². The Morgan fingerprint density at radius 2 is 2.00 bits per heavy atom. The molecule has 1 aliphatic rings. The van der Waals surface area contributed by atoms with Crippen LogP contribution in [0.4, 0.5) is 0 Å². The molecule has 0 unspecified atom stereocenters. The number of carbonyl (C=O) groups is 1. The van der Waals surface area contributed by atoms with E-state index in [1.54, 1.807) is 0 Å². The van der Waals surface area contributed by atoms with Crippen molar-refractivity contribution < 1.29 is 9.53 Å². The molecule has 1 atom stereocenters. The van der Waals surface area contributed by atoms with Crippen molar-refractivity contribution in [3.05, 3.63) is 0 Å². The third kappa shape index (κ3) is 4.64. The highest BCUT2D eigenvalue weighted by Crippen LogP contribution is 2.15. The van der Waals surface area contributed by atoms with Gasteiger partial charge >= 0.3 is 0 Å². The van der Waals surface area contributed by atoms with Crippen molar-refractivity contribution in [2.24, 2.45) is 11.7 Å². The molecule has 1 aliphatic heterocycles. The molecular formula is C13H26N2O2. The number of piperidine rings is 1.